The lowest BCUT2D eigenvalue weighted by atomic mass is 10.3. The molecule has 0 amide bonds. The minimum atomic E-state index is -0.650. The molecule has 0 aliphatic carbocycles. The van der Waals surface area contributed by atoms with Crippen molar-refractivity contribution < 1.29 is 4.55 Å². The standard InChI is InChI=1S/C5H12NOS/c1-8(7)5-3-2-4-6/h6H,2-5H2,1H3. The highest BCUT2D eigenvalue weighted by atomic mass is 32.2. The largest absolute Gasteiger partial charge is 0.617 e. The van der Waals surface area contributed by atoms with Crippen LogP contribution in [-0.4, -0.2) is 23.1 Å². The Labute approximate surface area is 53.6 Å². The molecule has 1 atom stereocenters. The number of unbranched alkanes of at least 4 members (excludes halogenated alkanes) is 1. The summed E-state index contributed by atoms with van der Waals surface area (Å²) < 4.78 is 10.4. The molecule has 0 aromatic carbocycles. The fraction of sp³-hybridized carbons (Fsp3) is 1.00. The number of rotatable bonds is 4. The molecule has 0 aliphatic rings. The van der Waals surface area contributed by atoms with Gasteiger partial charge in [0.2, 0.25) is 0 Å². The van der Waals surface area contributed by atoms with Gasteiger partial charge in [-0.3, -0.25) is 5.73 Å². The average molecular weight is 134 g/mol. The van der Waals surface area contributed by atoms with Crippen molar-refractivity contribution in [3.8, 4) is 0 Å². The molecule has 1 unspecified atom stereocenters. The van der Waals surface area contributed by atoms with E-state index in [2.05, 4.69) is 0 Å². The van der Waals surface area contributed by atoms with E-state index in [0.717, 1.165) is 18.6 Å². The van der Waals surface area contributed by atoms with Gasteiger partial charge < -0.3 is 4.55 Å². The molecule has 1 N–H and O–H groups in total. The molecule has 1 radical (unpaired) electrons. The van der Waals surface area contributed by atoms with Crippen LogP contribution in [0.3, 0.4) is 0 Å². The van der Waals surface area contributed by atoms with E-state index in [1.165, 1.54) is 0 Å². The van der Waals surface area contributed by atoms with Crippen LogP contribution in [0.5, 0.6) is 0 Å². The van der Waals surface area contributed by atoms with E-state index in [1.54, 1.807) is 6.26 Å². The molecule has 2 nitrogen and oxygen atoms in total. The zero-order chi connectivity index (χ0) is 6.41. The first-order chi connectivity index (χ1) is 3.77. The topological polar surface area (TPSA) is 46.9 Å². The second-order valence-electron chi connectivity index (χ2n) is 1.73. The molecular weight excluding hydrogens is 122 g/mol. The molecule has 0 heterocycles. The summed E-state index contributed by atoms with van der Waals surface area (Å²) in [6.07, 6.45) is 3.52. The first-order valence-electron chi connectivity index (χ1n) is 2.72. The highest BCUT2D eigenvalue weighted by molar-refractivity contribution is 7.90. The van der Waals surface area contributed by atoms with Crippen LogP contribution in [0, 0.1) is 0 Å². The van der Waals surface area contributed by atoms with Gasteiger partial charge in [0.1, 0.15) is 5.75 Å². The Balaban J connectivity index is 2.72. The molecule has 0 fully saturated rings. The second-order valence-corrected chi connectivity index (χ2v) is 3.29. The lowest BCUT2D eigenvalue weighted by molar-refractivity contribution is 0.596. The minimum absolute atomic E-state index is 0.469. The maximum absolute atomic E-state index is 10.4. The molecule has 3 heteroatoms. The predicted molar refractivity (Wildman–Crippen MR) is 36.1 cm³/mol. The molecule has 49 valence electrons. The second kappa shape index (κ2) is 5.41. The summed E-state index contributed by atoms with van der Waals surface area (Å²) >= 11 is -0.650. The lowest BCUT2D eigenvalue weighted by Gasteiger charge is -2.01. The van der Waals surface area contributed by atoms with Gasteiger partial charge >= 0.3 is 0 Å². The third-order valence-corrected chi connectivity index (χ3v) is 1.72. The highest BCUT2D eigenvalue weighted by Gasteiger charge is 1.93. The van der Waals surface area contributed by atoms with Crippen molar-refractivity contribution in [3.05, 3.63) is 0 Å². The highest BCUT2D eigenvalue weighted by Crippen LogP contribution is 1.91. The summed E-state index contributed by atoms with van der Waals surface area (Å²) in [6, 6.07) is 0. The molecule has 0 spiro atoms. The summed E-state index contributed by atoms with van der Waals surface area (Å²) in [5.41, 5.74) is 6.75. The van der Waals surface area contributed by atoms with Crippen molar-refractivity contribution in [3.63, 3.8) is 0 Å². The first kappa shape index (κ1) is 8.27. The van der Waals surface area contributed by atoms with Gasteiger partial charge in [0.25, 0.3) is 0 Å². The zero-order valence-corrected chi connectivity index (χ0v) is 5.96. The van der Waals surface area contributed by atoms with E-state index in [4.69, 9.17) is 5.73 Å². The normalized spacial score (nSPS) is 13.9. The molecule has 0 saturated heterocycles. The van der Waals surface area contributed by atoms with E-state index in [-0.39, 0.29) is 0 Å². The van der Waals surface area contributed by atoms with Crippen LogP contribution < -0.4 is 5.73 Å². The minimum Gasteiger partial charge on any atom is -0.617 e. The molecule has 0 saturated carbocycles. The van der Waals surface area contributed by atoms with Gasteiger partial charge in [0.15, 0.2) is 0 Å². The van der Waals surface area contributed by atoms with Gasteiger partial charge in [-0.1, -0.05) is 11.2 Å². The summed E-state index contributed by atoms with van der Waals surface area (Å²) in [7, 11) is 0. The maximum atomic E-state index is 10.4. The van der Waals surface area contributed by atoms with E-state index in [9.17, 15) is 4.55 Å². The zero-order valence-electron chi connectivity index (χ0n) is 5.14. The third-order valence-electron chi connectivity index (χ3n) is 0.859. The fourth-order valence-electron chi connectivity index (χ4n) is 0.430. The van der Waals surface area contributed by atoms with Gasteiger partial charge in [0.05, 0.1) is 6.26 Å². The van der Waals surface area contributed by atoms with Crippen LogP contribution in [0.4, 0.5) is 0 Å². The van der Waals surface area contributed by atoms with Gasteiger partial charge in [-0.2, -0.15) is 0 Å². The van der Waals surface area contributed by atoms with Crippen molar-refractivity contribution in [2.45, 2.75) is 12.8 Å². The molecule has 0 rings (SSSR count). The Morgan fingerprint density at radius 1 is 1.50 bits per heavy atom. The maximum Gasteiger partial charge on any atom is 0.105 e. The number of hydrogen-bond acceptors (Lipinski definition) is 1. The molecule has 0 bridgehead atoms. The Morgan fingerprint density at radius 2 is 2.12 bits per heavy atom. The van der Waals surface area contributed by atoms with E-state index >= 15 is 0 Å². The van der Waals surface area contributed by atoms with Crippen LogP contribution >= 0.6 is 0 Å². The van der Waals surface area contributed by atoms with E-state index in [0.29, 0.717) is 6.54 Å². The number of nitrogens with one attached hydrogen (secondary N) is 1. The Bertz CT molecular complexity index is 49.7. The fourth-order valence-corrected chi connectivity index (χ4v) is 1.04. The van der Waals surface area contributed by atoms with Crippen molar-refractivity contribution in [2.75, 3.05) is 18.6 Å². The van der Waals surface area contributed by atoms with Gasteiger partial charge in [-0.25, -0.2) is 0 Å². The smallest absolute Gasteiger partial charge is 0.105 e. The summed E-state index contributed by atoms with van der Waals surface area (Å²) in [6.45, 7) is 0.469. The molecule has 0 aromatic rings. The Kier molecular flexibility index (Phi) is 5.59. The molecule has 0 aromatic heterocycles. The van der Waals surface area contributed by atoms with E-state index < -0.39 is 11.2 Å². The van der Waals surface area contributed by atoms with E-state index in [1.807, 2.05) is 0 Å². The van der Waals surface area contributed by atoms with Gasteiger partial charge in [-0.15, -0.1) is 0 Å². The monoisotopic (exact) mass is 134 g/mol. The van der Waals surface area contributed by atoms with Crippen molar-refractivity contribution in [1.29, 1.82) is 0 Å². The van der Waals surface area contributed by atoms with Crippen LogP contribution in [0.1, 0.15) is 12.8 Å². The predicted octanol–water partition coefficient (Wildman–Crippen LogP) is 0.428. The number of hydrogen-bond donors (Lipinski definition) is 0. The van der Waals surface area contributed by atoms with Crippen molar-refractivity contribution in [2.24, 2.45) is 0 Å². The van der Waals surface area contributed by atoms with Crippen molar-refractivity contribution in [1.82, 2.24) is 5.73 Å². The summed E-state index contributed by atoms with van der Waals surface area (Å²) in [5.74, 6) is 0.763. The van der Waals surface area contributed by atoms with Gasteiger partial charge in [0, 0.05) is 6.54 Å². The van der Waals surface area contributed by atoms with Crippen LogP contribution in [0.25, 0.3) is 0 Å². The Morgan fingerprint density at radius 3 is 2.50 bits per heavy atom. The van der Waals surface area contributed by atoms with Crippen LogP contribution in [-0.2, 0) is 11.2 Å². The average Bonchev–Trinajstić information content (AvgIpc) is 1.66. The first-order valence-corrected chi connectivity index (χ1v) is 4.44. The SMILES string of the molecule is C[S+]([O-])CCCC[NH]. The van der Waals surface area contributed by atoms with Crippen LogP contribution in [0.2, 0.25) is 0 Å². The summed E-state index contributed by atoms with van der Waals surface area (Å²) in [5, 5.41) is 0. The quantitative estimate of drug-likeness (QED) is 0.406. The summed E-state index contributed by atoms with van der Waals surface area (Å²) in [4.78, 5) is 0. The van der Waals surface area contributed by atoms with Crippen molar-refractivity contribution >= 4 is 11.2 Å². The molecule has 0 aliphatic heterocycles. The molecule has 8 heavy (non-hydrogen) atoms. The third kappa shape index (κ3) is 6.27. The van der Waals surface area contributed by atoms with Crippen LogP contribution in [0.15, 0.2) is 0 Å². The van der Waals surface area contributed by atoms with Gasteiger partial charge in [-0.05, 0) is 12.8 Å². The molecular formula is C5H12NOS. The Hall–Kier alpha value is 0.270. The lowest BCUT2D eigenvalue weighted by Crippen LogP contribution is -2.03.